The highest BCUT2D eigenvalue weighted by atomic mass is 16.5. The Hall–Kier alpha value is -3.08. The van der Waals surface area contributed by atoms with E-state index in [2.05, 4.69) is 24.1 Å². The van der Waals surface area contributed by atoms with E-state index in [0.717, 1.165) is 29.2 Å². The fraction of sp³-hybridized carbons (Fsp3) is 0.385. The summed E-state index contributed by atoms with van der Waals surface area (Å²) < 4.78 is 11.6. The van der Waals surface area contributed by atoms with E-state index in [9.17, 15) is 4.79 Å². The summed E-state index contributed by atoms with van der Waals surface area (Å²) in [5.74, 6) is 3.19. The molecule has 0 aliphatic heterocycles. The van der Waals surface area contributed by atoms with Gasteiger partial charge in [-0.25, -0.2) is 4.98 Å². The third-order valence-electron chi connectivity index (χ3n) is 6.43. The standard InChI is InChI=1S/C26H30N2O3/c1-17-8-7-11-23(18(17)2)27-25(29)20-12-14-21(15-13-20)26-28-24(19(3)31-26)16-30-22-9-5-4-6-10-22/h4-6,9-10,12-15,17-18,23H,7-8,11,16H2,1-3H3,(H,27,29). The molecule has 4 rings (SSSR count). The average molecular weight is 419 g/mol. The van der Waals surface area contributed by atoms with Gasteiger partial charge in [-0.2, -0.15) is 0 Å². The van der Waals surface area contributed by atoms with Crippen molar-refractivity contribution in [2.45, 2.75) is 52.7 Å². The van der Waals surface area contributed by atoms with Crippen LogP contribution in [0.2, 0.25) is 0 Å². The summed E-state index contributed by atoms with van der Waals surface area (Å²) in [6, 6.07) is 17.3. The molecule has 0 bridgehead atoms. The molecule has 0 radical (unpaired) electrons. The third kappa shape index (κ3) is 4.98. The molecule has 3 atom stereocenters. The Morgan fingerprint density at radius 3 is 2.58 bits per heavy atom. The first kappa shape index (κ1) is 21.2. The molecular formula is C26H30N2O3. The molecule has 1 aliphatic rings. The highest BCUT2D eigenvalue weighted by molar-refractivity contribution is 5.94. The van der Waals surface area contributed by atoms with Crippen molar-refractivity contribution in [1.82, 2.24) is 10.3 Å². The Kier molecular flexibility index (Phi) is 6.40. The summed E-state index contributed by atoms with van der Waals surface area (Å²) in [6.07, 6.45) is 3.48. The molecule has 31 heavy (non-hydrogen) atoms. The normalized spacial score (nSPS) is 20.9. The van der Waals surface area contributed by atoms with Gasteiger partial charge in [0.25, 0.3) is 5.91 Å². The van der Waals surface area contributed by atoms with E-state index in [-0.39, 0.29) is 11.9 Å². The zero-order valence-corrected chi connectivity index (χ0v) is 18.4. The summed E-state index contributed by atoms with van der Waals surface area (Å²) in [4.78, 5) is 17.3. The van der Waals surface area contributed by atoms with Gasteiger partial charge in [-0.15, -0.1) is 0 Å². The number of carbonyl (C=O) groups is 1. The molecule has 0 spiro atoms. The lowest BCUT2D eigenvalue weighted by molar-refractivity contribution is 0.0891. The van der Waals surface area contributed by atoms with Crippen LogP contribution < -0.4 is 10.1 Å². The molecule has 162 valence electrons. The summed E-state index contributed by atoms with van der Waals surface area (Å²) in [5.41, 5.74) is 2.26. The van der Waals surface area contributed by atoms with Crippen molar-refractivity contribution >= 4 is 5.91 Å². The lowest BCUT2D eigenvalue weighted by Crippen LogP contribution is -2.43. The number of carbonyl (C=O) groups excluding carboxylic acids is 1. The van der Waals surface area contributed by atoms with Crippen LogP contribution >= 0.6 is 0 Å². The molecule has 1 amide bonds. The molecule has 3 unspecified atom stereocenters. The van der Waals surface area contributed by atoms with Gasteiger partial charge in [0.1, 0.15) is 23.8 Å². The molecule has 1 saturated carbocycles. The van der Waals surface area contributed by atoms with Crippen LogP contribution in [0, 0.1) is 18.8 Å². The van der Waals surface area contributed by atoms with E-state index in [1.807, 2.05) is 61.5 Å². The highest BCUT2D eigenvalue weighted by Gasteiger charge is 2.28. The highest BCUT2D eigenvalue weighted by Crippen LogP contribution is 2.30. The number of rotatable bonds is 6. The van der Waals surface area contributed by atoms with Crippen molar-refractivity contribution in [3.63, 3.8) is 0 Å². The lowest BCUT2D eigenvalue weighted by Gasteiger charge is -2.34. The van der Waals surface area contributed by atoms with E-state index in [1.54, 1.807) is 0 Å². The van der Waals surface area contributed by atoms with Gasteiger partial charge in [0.05, 0.1) is 0 Å². The van der Waals surface area contributed by atoms with Crippen molar-refractivity contribution in [2.75, 3.05) is 0 Å². The summed E-state index contributed by atoms with van der Waals surface area (Å²) >= 11 is 0. The fourth-order valence-corrected chi connectivity index (χ4v) is 4.16. The van der Waals surface area contributed by atoms with E-state index in [1.165, 1.54) is 12.8 Å². The molecule has 3 aromatic rings. The average Bonchev–Trinajstić information content (AvgIpc) is 3.17. The Bertz CT molecular complexity index is 1010. The SMILES string of the molecule is Cc1oc(-c2ccc(C(=O)NC3CCCC(C)C3C)cc2)nc1COc1ccccc1. The molecule has 1 aromatic heterocycles. The van der Waals surface area contributed by atoms with Crippen LogP contribution in [0.15, 0.2) is 59.0 Å². The predicted molar refractivity (Wildman–Crippen MR) is 121 cm³/mol. The van der Waals surface area contributed by atoms with Crippen molar-refractivity contribution < 1.29 is 13.9 Å². The minimum absolute atomic E-state index is 0.0157. The first-order valence-electron chi connectivity index (χ1n) is 11.1. The molecular weight excluding hydrogens is 388 g/mol. The molecule has 1 heterocycles. The van der Waals surface area contributed by atoms with Gasteiger partial charge >= 0.3 is 0 Å². The number of amides is 1. The second kappa shape index (κ2) is 9.38. The van der Waals surface area contributed by atoms with Crippen LogP contribution in [0.1, 0.15) is 54.9 Å². The zero-order valence-electron chi connectivity index (χ0n) is 18.4. The second-order valence-corrected chi connectivity index (χ2v) is 8.55. The molecule has 5 nitrogen and oxygen atoms in total. The third-order valence-corrected chi connectivity index (χ3v) is 6.43. The largest absolute Gasteiger partial charge is 0.487 e. The first-order valence-corrected chi connectivity index (χ1v) is 11.1. The number of ether oxygens (including phenoxy) is 1. The molecule has 1 N–H and O–H groups in total. The quantitative estimate of drug-likeness (QED) is 0.551. The lowest BCUT2D eigenvalue weighted by atomic mass is 9.78. The summed E-state index contributed by atoms with van der Waals surface area (Å²) in [6.45, 7) is 6.74. The van der Waals surface area contributed by atoms with Crippen molar-refractivity contribution in [1.29, 1.82) is 0 Å². The molecule has 2 aromatic carbocycles. The van der Waals surface area contributed by atoms with Crippen LogP contribution in [0.25, 0.3) is 11.5 Å². The number of hydrogen-bond acceptors (Lipinski definition) is 4. The molecule has 0 saturated heterocycles. The van der Waals surface area contributed by atoms with Crippen LogP contribution in [0.4, 0.5) is 0 Å². The van der Waals surface area contributed by atoms with Crippen molar-refractivity contribution in [3.05, 3.63) is 71.6 Å². The van der Waals surface area contributed by atoms with E-state index >= 15 is 0 Å². The number of benzene rings is 2. The van der Waals surface area contributed by atoms with E-state index < -0.39 is 0 Å². The second-order valence-electron chi connectivity index (χ2n) is 8.55. The number of oxazole rings is 1. The molecule has 1 fully saturated rings. The van der Waals surface area contributed by atoms with E-state index in [4.69, 9.17) is 9.15 Å². The van der Waals surface area contributed by atoms with Gasteiger partial charge in [-0.05, 0) is 61.6 Å². The number of aromatic nitrogens is 1. The van der Waals surface area contributed by atoms with Gasteiger partial charge in [0.15, 0.2) is 0 Å². The number of hydrogen-bond donors (Lipinski definition) is 1. The van der Waals surface area contributed by atoms with Gasteiger partial charge in [-0.3, -0.25) is 4.79 Å². The summed E-state index contributed by atoms with van der Waals surface area (Å²) in [5, 5.41) is 3.23. The first-order chi connectivity index (χ1) is 15.0. The minimum atomic E-state index is -0.0157. The smallest absolute Gasteiger partial charge is 0.251 e. The van der Waals surface area contributed by atoms with Gasteiger partial charge in [0.2, 0.25) is 5.89 Å². The number of para-hydroxylation sites is 1. The fourth-order valence-electron chi connectivity index (χ4n) is 4.16. The predicted octanol–water partition coefficient (Wildman–Crippen LogP) is 5.78. The molecule has 5 heteroatoms. The van der Waals surface area contributed by atoms with Crippen LogP contribution in [-0.2, 0) is 6.61 Å². The van der Waals surface area contributed by atoms with Crippen LogP contribution in [0.5, 0.6) is 5.75 Å². The maximum Gasteiger partial charge on any atom is 0.251 e. The molecule has 1 aliphatic carbocycles. The van der Waals surface area contributed by atoms with Gasteiger partial charge < -0.3 is 14.5 Å². The van der Waals surface area contributed by atoms with Gasteiger partial charge in [-0.1, -0.05) is 44.9 Å². The Morgan fingerprint density at radius 1 is 1.10 bits per heavy atom. The Balaban J connectivity index is 1.40. The minimum Gasteiger partial charge on any atom is -0.487 e. The Morgan fingerprint density at radius 2 is 1.84 bits per heavy atom. The maximum atomic E-state index is 12.7. The van der Waals surface area contributed by atoms with Crippen LogP contribution in [-0.4, -0.2) is 16.9 Å². The number of aryl methyl sites for hydroxylation is 1. The summed E-state index contributed by atoms with van der Waals surface area (Å²) in [7, 11) is 0. The number of nitrogens with zero attached hydrogens (tertiary/aromatic N) is 1. The number of nitrogens with one attached hydrogen (secondary N) is 1. The van der Waals surface area contributed by atoms with Crippen molar-refractivity contribution in [2.24, 2.45) is 11.8 Å². The monoisotopic (exact) mass is 418 g/mol. The van der Waals surface area contributed by atoms with E-state index in [0.29, 0.717) is 29.9 Å². The van der Waals surface area contributed by atoms with Crippen LogP contribution in [0.3, 0.4) is 0 Å². The topological polar surface area (TPSA) is 64.4 Å². The van der Waals surface area contributed by atoms with Gasteiger partial charge in [0, 0.05) is 17.2 Å². The van der Waals surface area contributed by atoms with Crippen molar-refractivity contribution in [3.8, 4) is 17.2 Å². The maximum absolute atomic E-state index is 12.7. The zero-order chi connectivity index (χ0) is 21.8. The Labute approximate surface area is 183 Å².